The Labute approximate surface area is 192 Å². The van der Waals surface area contributed by atoms with Crippen LogP contribution in [0.5, 0.6) is 0 Å². The molecule has 4 aromatic rings. The van der Waals surface area contributed by atoms with E-state index in [2.05, 4.69) is 0 Å². The Morgan fingerprint density at radius 2 is 0.636 bits per heavy atom. The lowest BCUT2D eigenvalue weighted by Crippen LogP contribution is -2.55. The molecule has 0 spiro atoms. The predicted molar refractivity (Wildman–Crippen MR) is 130 cm³/mol. The van der Waals surface area contributed by atoms with Crippen LogP contribution in [0.15, 0.2) is 105 Å². The maximum atomic E-state index is 13.2. The van der Waals surface area contributed by atoms with Crippen LogP contribution in [0, 0.1) is 0 Å². The summed E-state index contributed by atoms with van der Waals surface area (Å²) in [5.74, 6) is 0. The lowest BCUT2D eigenvalue weighted by Gasteiger charge is -2.14. The fraction of sp³-hybridized carbons (Fsp3) is 0.222. The maximum absolute atomic E-state index is 13.2. The average molecular weight is 442 g/mol. The van der Waals surface area contributed by atoms with Crippen LogP contribution in [0.25, 0.3) is 0 Å². The highest BCUT2D eigenvalue weighted by Gasteiger charge is 2.15. The van der Waals surface area contributed by atoms with Crippen molar-refractivity contribution < 1.29 is 0 Å². The topological polar surface area (TPSA) is 66.0 Å². The van der Waals surface area contributed by atoms with Gasteiger partial charge in [0.05, 0.1) is 0 Å². The smallest absolute Gasteiger partial charge is 0.247 e. The van der Waals surface area contributed by atoms with Crippen molar-refractivity contribution in [3.8, 4) is 0 Å². The molecule has 0 fully saturated rings. The summed E-state index contributed by atoms with van der Waals surface area (Å²) in [6.45, 7) is 0.663. The fourth-order valence-electron chi connectivity index (χ4n) is 3.91. The van der Waals surface area contributed by atoms with Crippen LogP contribution in [0.1, 0.15) is 16.7 Å². The van der Waals surface area contributed by atoms with Gasteiger partial charge in [0.25, 0.3) is 0 Å². The van der Waals surface area contributed by atoms with Crippen molar-refractivity contribution in [2.24, 2.45) is 0 Å². The zero-order valence-electron chi connectivity index (χ0n) is 18.5. The third-order valence-corrected chi connectivity index (χ3v) is 5.79. The molecule has 0 N–H and O–H groups in total. The van der Waals surface area contributed by atoms with Crippen LogP contribution >= 0.6 is 0 Å². The van der Waals surface area contributed by atoms with Crippen LogP contribution in [0.3, 0.4) is 0 Å². The number of rotatable bonds is 9. The van der Waals surface area contributed by atoms with Crippen molar-refractivity contribution in [1.29, 1.82) is 0 Å². The minimum atomic E-state index is -0.548. The minimum Gasteiger partial charge on any atom is -0.247 e. The minimum absolute atomic E-state index is 0.221. The van der Waals surface area contributed by atoms with Crippen LogP contribution in [-0.4, -0.2) is 13.7 Å². The monoisotopic (exact) mass is 441 g/mol. The highest BCUT2D eigenvalue weighted by Crippen LogP contribution is 2.02. The van der Waals surface area contributed by atoms with Crippen molar-refractivity contribution in [2.45, 2.75) is 38.9 Å². The Balaban J connectivity index is 1.68. The maximum Gasteiger partial charge on any atom is 0.336 e. The quantitative estimate of drug-likeness (QED) is 0.401. The molecule has 0 radical (unpaired) electrons. The van der Waals surface area contributed by atoms with Crippen molar-refractivity contribution in [2.75, 3.05) is 0 Å². The second-order valence-electron chi connectivity index (χ2n) is 8.01. The van der Waals surface area contributed by atoms with Crippen LogP contribution in [0.4, 0.5) is 0 Å². The summed E-state index contributed by atoms with van der Waals surface area (Å²) in [7, 11) is 0. The van der Waals surface area contributed by atoms with E-state index in [4.69, 9.17) is 0 Å². The van der Waals surface area contributed by atoms with Crippen LogP contribution in [-0.2, 0) is 38.9 Å². The molecule has 0 aliphatic heterocycles. The summed E-state index contributed by atoms with van der Waals surface area (Å²) in [5.41, 5.74) is 1.44. The third-order valence-electron chi connectivity index (χ3n) is 5.79. The summed E-state index contributed by atoms with van der Waals surface area (Å²) in [5, 5.41) is 0. The van der Waals surface area contributed by atoms with Gasteiger partial charge >= 0.3 is 17.1 Å². The molecule has 0 aliphatic rings. The molecule has 168 valence electrons. The highest BCUT2D eigenvalue weighted by molar-refractivity contribution is 5.16. The molecular formula is C27H27N3O3. The Morgan fingerprint density at radius 1 is 0.394 bits per heavy atom. The summed E-state index contributed by atoms with van der Waals surface area (Å²) in [6, 6.07) is 29.1. The van der Waals surface area contributed by atoms with Crippen LogP contribution < -0.4 is 17.1 Å². The molecule has 1 heterocycles. The van der Waals surface area contributed by atoms with Gasteiger partial charge in [-0.2, -0.15) is 0 Å². The number of aromatic nitrogens is 3. The van der Waals surface area contributed by atoms with Gasteiger partial charge in [0.1, 0.15) is 0 Å². The zero-order chi connectivity index (χ0) is 23.0. The summed E-state index contributed by atoms with van der Waals surface area (Å²) < 4.78 is 3.60. The van der Waals surface area contributed by atoms with E-state index in [1.54, 1.807) is 0 Å². The van der Waals surface area contributed by atoms with E-state index in [0.29, 0.717) is 19.3 Å². The average Bonchev–Trinajstić information content (AvgIpc) is 2.86. The second-order valence-corrected chi connectivity index (χ2v) is 8.01. The Bertz CT molecular complexity index is 1150. The van der Waals surface area contributed by atoms with Crippen LogP contribution in [0.2, 0.25) is 0 Å². The first-order valence-corrected chi connectivity index (χ1v) is 11.2. The highest BCUT2D eigenvalue weighted by atomic mass is 16.2. The van der Waals surface area contributed by atoms with E-state index in [1.807, 2.05) is 91.0 Å². The first-order valence-electron chi connectivity index (χ1n) is 11.2. The van der Waals surface area contributed by atoms with Gasteiger partial charge in [0.2, 0.25) is 0 Å². The molecule has 33 heavy (non-hydrogen) atoms. The molecule has 4 rings (SSSR count). The predicted octanol–water partition coefficient (Wildman–Crippen LogP) is 2.90. The molecule has 0 bridgehead atoms. The van der Waals surface area contributed by atoms with E-state index >= 15 is 0 Å². The normalized spacial score (nSPS) is 10.9. The van der Waals surface area contributed by atoms with Crippen molar-refractivity contribution in [3.63, 3.8) is 0 Å². The molecule has 3 aromatic carbocycles. The molecule has 0 atom stereocenters. The van der Waals surface area contributed by atoms with E-state index in [0.717, 1.165) is 16.7 Å². The number of hydrogen-bond donors (Lipinski definition) is 0. The Kier molecular flexibility index (Phi) is 7.15. The van der Waals surface area contributed by atoms with Gasteiger partial charge in [-0.05, 0) is 36.0 Å². The third kappa shape index (κ3) is 5.47. The van der Waals surface area contributed by atoms with Gasteiger partial charge in [0.15, 0.2) is 0 Å². The molecule has 0 saturated carbocycles. The molecule has 6 nitrogen and oxygen atoms in total. The van der Waals surface area contributed by atoms with Gasteiger partial charge in [-0.15, -0.1) is 0 Å². The molecule has 0 amide bonds. The summed E-state index contributed by atoms with van der Waals surface area (Å²) in [4.78, 5) is 39.6. The lowest BCUT2D eigenvalue weighted by atomic mass is 10.1. The van der Waals surface area contributed by atoms with Gasteiger partial charge in [0, 0.05) is 19.6 Å². The fourth-order valence-corrected chi connectivity index (χ4v) is 3.91. The van der Waals surface area contributed by atoms with E-state index < -0.39 is 17.1 Å². The van der Waals surface area contributed by atoms with Gasteiger partial charge in [-0.3, -0.25) is 0 Å². The largest absolute Gasteiger partial charge is 0.336 e. The lowest BCUT2D eigenvalue weighted by molar-refractivity contribution is 0.445. The molecule has 1 aromatic heterocycles. The van der Waals surface area contributed by atoms with Crippen molar-refractivity contribution >= 4 is 0 Å². The van der Waals surface area contributed by atoms with E-state index in [1.165, 1.54) is 13.7 Å². The van der Waals surface area contributed by atoms with E-state index in [9.17, 15) is 14.4 Å². The molecule has 0 aliphatic carbocycles. The Hall–Kier alpha value is -3.93. The van der Waals surface area contributed by atoms with Gasteiger partial charge < -0.3 is 0 Å². The molecule has 0 saturated heterocycles. The Morgan fingerprint density at radius 3 is 0.879 bits per heavy atom. The van der Waals surface area contributed by atoms with Gasteiger partial charge in [-0.25, -0.2) is 28.1 Å². The molecule has 6 heteroatoms. The molecule has 0 unspecified atom stereocenters. The second kappa shape index (κ2) is 10.6. The van der Waals surface area contributed by atoms with Gasteiger partial charge in [-0.1, -0.05) is 91.0 Å². The van der Waals surface area contributed by atoms with Crippen molar-refractivity contribution in [1.82, 2.24) is 13.7 Å². The number of hydrogen-bond acceptors (Lipinski definition) is 3. The zero-order valence-corrected chi connectivity index (χ0v) is 18.5. The number of benzene rings is 3. The first-order chi connectivity index (χ1) is 16.1. The SMILES string of the molecule is O=c1n(CCc2ccccc2)c(=O)n(CCc2ccccc2)c(=O)n1CCc1ccccc1. The number of nitrogens with zero attached hydrogens (tertiary/aromatic N) is 3. The standard InChI is InChI=1S/C27H27N3O3/c31-25-28(19-16-22-10-4-1-5-11-22)26(32)30(21-18-24-14-8-3-9-15-24)27(33)29(25)20-17-23-12-6-2-7-13-23/h1-15H,16-21H2. The summed E-state index contributed by atoms with van der Waals surface area (Å²) in [6.07, 6.45) is 1.60. The van der Waals surface area contributed by atoms with E-state index in [-0.39, 0.29) is 19.6 Å². The van der Waals surface area contributed by atoms with Crippen molar-refractivity contribution in [3.05, 3.63) is 139 Å². The first kappa shape index (κ1) is 22.3. The molecular weight excluding hydrogens is 414 g/mol. The summed E-state index contributed by atoms with van der Waals surface area (Å²) >= 11 is 0. The number of aryl methyl sites for hydroxylation is 3.